The van der Waals surface area contributed by atoms with Crippen LogP contribution in [0.5, 0.6) is 0 Å². The lowest BCUT2D eigenvalue weighted by Gasteiger charge is -2.04. The van der Waals surface area contributed by atoms with Crippen molar-refractivity contribution in [1.82, 2.24) is 4.98 Å². The van der Waals surface area contributed by atoms with E-state index in [-0.39, 0.29) is 0 Å². The van der Waals surface area contributed by atoms with Crippen molar-refractivity contribution in [2.75, 3.05) is 5.43 Å². The van der Waals surface area contributed by atoms with Gasteiger partial charge in [0.25, 0.3) is 0 Å². The van der Waals surface area contributed by atoms with Crippen molar-refractivity contribution in [2.45, 2.75) is 6.92 Å². The van der Waals surface area contributed by atoms with Crippen LogP contribution in [-0.4, -0.2) is 10.7 Å². The Morgan fingerprint density at radius 3 is 2.70 bits per heavy atom. The third-order valence-electron chi connectivity index (χ3n) is 3.17. The molecular formula is C17H13Cl2N3S. The van der Waals surface area contributed by atoms with Crippen LogP contribution >= 0.6 is 34.5 Å². The highest BCUT2D eigenvalue weighted by molar-refractivity contribution is 7.13. The Labute approximate surface area is 148 Å². The monoisotopic (exact) mass is 361 g/mol. The predicted molar refractivity (Wildman–Crippen MR) is 99.8 cm³/mol. The quantitative estimate of drug-likeness (QED) is 0.460. The van der Waals surface area contributed by atoms with Crippen molar-refractivity contribution in [1.29, 1.82) is 0 Å². The van der Waals surface area contributed by atoms with E-state index in [0.29, 0.717) is 15.7 Å². The van der Waals surface area contributed by atoms with Crippen molar-refractivity contribution in [3.05, 3.63) is 69.7 Å². The second-order valence-corrected chi connectivity index (χ2v) is 6.54. The summed E-state index contributed by atoms with van der Waals surface area (Å²) in [7, 11) is 0. The molecule has 0 spiro atoms. The molecule has 0 aliphatic rings. The van der Waals surface area contributed by atoms with Crippen molar-refractivity contribution in [3.8, 4) is 10.6 Å². The molecule has 0 fully saturated rings. The molecule has 1 N–H and O–H groups in total. The van der Waals surface area contributed by atoms with E-state index in [1.165, 1.54) is 0 Å². The normalized spacial score (nSPS) is 11.5. The van der Waals surface area contributed by atoms with Gasteiger partial charge in [0.05, 0.1) is 22.1 Å². The summed E-state index contributed by atoms with van der Waals surface area (Å²) in [6, 6.07) is 15.3. The molecule has 2 aromatic carbocycles. The average molecular weight is 362 g/mol. The molecule has 0 atom stereocenters. The Balaban J connectivity index is 1.79. The van der Waals surface area contributed by atoms with Crippen LogP contribution in [0.15, 0.2) is 59.0 Å². The summed E-state index contributed by atoms with van der Waals surface area (Å²) in [6.07, 6.45) is 0. The van der Waals surface area contributed by atoms with E-state index < -0.39 is 0 Å². The zero-order chi connectivity index (χ0) is 16.2. The molecule has 3 rings (SSSR count). The fourth-order valence-electron chi connectivity index (χ4n) is 1.94. The van der Waals surface area contributed by atoms with Crippen LogP contribution in [0.4, 0.5) is 5.69 Å². The first-order chi connectivity index (χ1) is 11.1. The number of hydrogen-bond acceptors (Lipinski definition) is 4. The Morgan fingerprint density at radius 2 is 1.91 bits per heavy atom. The summed E-state index contributed by atoms with van der Waals surface area (Å²) >= 11 is 13.7. The minimum Gasteiger partial charge on any atom is -0.277 e. The Kier molecular flexibility index (Phi) is 4.96. The van der Waals surface area contributed by atoms with E-state index in [1.54, 1.807) is 29.5 Å². The van der Waals surface area contributed by atoms with Crippen LogP contribution < -0.4 is 5.43 Å². The lowest BCUT2D eigenvalue weighted by atomic mass is 10.2. The Morgan fingerprint density at radius 1 is 1.13 bits per heavy atom. The maximum Gasteiger partial charge on any atom is 0.124 e. The number of nitrogens with zero attached hydrogens (tertiary/aromatic N) is 2. The molecule has 0 aliphatic carbocycles. The van der Waals surface area contributed by atoms with E-state index in [0.717, 1.165) is 22.0 Å². The minimum absolute atomic E-state index is 0.564. The molecule has 23 heavy (non-hydrogen) atoms. The Bertz CT molecular complexity index is 844. The molecule has 0 saturated carbocycles. The molecule has 0 saturated heterocycles. The van der Waals surface area contributed by atoms with Gasteiger partial charge >= 0.3 is 0 Å². The van der Waals surface area contributed by atoms with Crippen LogP contribution in [0.1, 0.15) is 12.6 Å². The fourth-order valence-corrected chi connectivity index (χ4v) is 3.14. The Hall–Kier alpha value is -1.88. The zero-order valence-corrected chi connectivity index (χ0v) is 14.6. The lowest BCUT2D eigenvalue weighted by molar-refractivity contribution is 1.29. The molecule has 0 bridgehead atoms. The maximum absolute atomic E-state index is 6.11. The van der Waals surface area contributed by atoms with Gasteiger partial charge in [-0.2, -0.15) is 5.10 Å². The molecule has 3 aromatic rings. The lowest BCUT2D eigenvalue weighted by Crippen LogP contribution is -2.00. The van der Waals surface area contributed by atoms with Gasteiger partial charge in [-0.05, 0) is 25.1 Å². The van der Waals surface area contributed by atoms with Gasteiger partial charge in [-0.25, -0.2) is 4.98 Å². The molecule has 116 valence electrons. The molecule has 0 unspecified atom stereocenters. The number of hydrogen-bond donors (Lipinski definition) is 1. The number of hydrazone groups is 1. The van der Waals surface area contributed by atoms with Gasteiger partial charge in [0, 0.05) is 16.0 Å². The number of halogens is 2. The number of thiazole rings is 1. The van der Waals surface area contributed by atoms with Gasteiger partial charge in [0.2, 0.25) is 0 Å². The number of anilines is 1. The highest BCUT2D eigenvalue weighted by atomic mass is 35.5. The summed E-state index contributed by atoms with van der Waals surface area (Å²) in [5, 5.41) is 8.46. The first kappa shape index (κ1) is 16.0. The second kappa shape index (κ2) is 7.13. The molecule has 0 amide bonds. The molecule has 0 radical (unpaired) electrons. The highest BCUT2D eigenvalue weighted by Gasteiger charge is 2.07. The third-order valence-corrected chi connectivity index (χ3v) is 4.62. The minimum atomic E-state index is 0.564. The van der Waals surface area contributed by atoms with Crippen LogP contribution in [0.2, 0.25) is 10.0 Å². The zero-order valence-electron chi connectivity index (χ0n) is 12.3. The SMILES string of the molecule is C/C(=N/Nc1cc(Cl)ccc1Cl)c1csc(-c2ccccc2)n1. The molecular weight excluding hydrogens is 349 g/mol. The summed E-state index contributed by atoms with van der Waals surface area (Å²) in [4.78, 5) is 4.62. The van der Waals surface area contributed by atoms with E-state index in [2.05, 4.69) is 15.5 Å². The van der Waals surface area contributed by atoms with Crippen molar-refractivity contribution in [3.63, 3.8) is 0 Å². The molecule has 1 aromatic heterocycles. The number of nitrogens with one attached hydrogen (secondary N) is 1. The second-order valence-electron chi connectivity index (χ2n) is 4.84. The van der Waals surface area contributed by atoms with Crippen LogP contribution in [0.3, 0.4) is 0 Å². The molecule has 1 heterocycles. The van der Waals surface area contributed by atoms with Gasteiger partial charge < -0.3 is 0 Å². The van der Waals surface area contributed by atoms with E-state index in [9.17, 15) is 0 Å². The summed E-state index contributed by atoms with van der Waals surface area (Å²) in [5.74, 6) is 0. The standard InChI is InChI=1S/C17H13Cl2N3S/c1-11(21-22-15-9-13(18)7-8-14(15)19)16-10-23-17(20-16)12-5-3-2-4-6-12/h2-10,22H,1H3/b21-11-. The summed E-state index contributed by atoms with van der Waals surface area (Å²) in [5.41, 5.74) is 6.31. The van der Waals surface area contributed by atoms with Gasteiger partial charge in [0.1, 0.15) is 5.01 Å². The number of rotatable bonds is 4. The van der Waals surface area contributed by atoms with E-state index in [1.807, 2.05) is 42.6 Å². The van der Waals surface area contributed by atoms with Crippen molar-refractivity contribution >= 4 is 45.9 Å². The van der Waals surface area contributed by atoms with E-state index in [4.69, 9.17) is 23.2 Å². The third kappa shape index (κ3) is 3.91. The number of aromatic nitrogens is 1. The van der Waals surface area contributed by atoms with E-state index >= 15 is 0 Å². The first-order valence-electron chi connectivity index (χ1n) is 6.90. The van der Waals surface area contributed by atoms with Gasteiger partial charge in [-0.3, -0.25) is 5.43 Å². The topological polar surface area (TPSA) is 37.3 Å². The smallest absolute Gasteiger partial charge is 0.124 e. The number of benzene rings is 2. The molecule has 0 aliphatic heterocycles. The van der Waals surface area contributed by atoms with Crippen LogP contribution in [-0.2, 0) is 0 Å². The predicted octanol–water partition coefficient (Wildman–Crippen LogP) is 5.95. The van der Waals surface area contributed by atoms with Crippen molar-refractivity contribution < 1.29 is 0 Å². The average Bonchev–Trinajstić information content (AvgIpc) is 3.06. The maximum atomic E-state index is 6.11. The molecule has 3 nitrogen and oxygen atoms in total. The van der Waals surface area contributed by atoms with Crippen molar-refractivity contribution in [2.24, 2.45) is 5.10 Å². The van der Waals surface area contributed by atoms with Crippen LogP contribution in [0, 0.1) is 0 Å². The summed E-state index contributed by atoms with van der Waals surface area (Å²) in [6.45, 7) is 1.90. The van der Waals surface area contributed by atoms with Gasteiger partial charge in [0.15, 0.2) is 0 Å². The summed E-state index contributed by atoms with van der Waals surface area (Å²) < 4.78 is 0. The molecule has 6 heteroatoms. The van der Waals surface area contributed by atoms with Gasteiger partial charge in [-0.15, -0.1) is 11.3 Å². The van der Waals surface area contributed by atoms with Crippen LogP contribution in [0.25, 0.3) is 10.6 Å². The van der Waals surface area contributed by atoms with Gasteiger partial charge in [-0.1, -0.05) is 53.5 Å². The first-order valence-corrected chi connectivity index (χ1v) is 8.54. The fraction of sp³-hybridized carbons (Fsp3) is 0.0588. The highest BCUT2D eigenvalue weighted by Crippen LogP contribution is 2.26. The largest absolute Gasteiger partial charge is 0.277 e.